The van der Waals surface area contributed by atoms with E-state index in [9.17, 15) is 4.79 Å². The van der Waals surface area contributed by atoms with Crippen LogP contribution in [-0.2, 0) is 11.2 Å². The molecule has 8 nitrogen and oxygen atoms in total. The van der Waals surface area contributed by atoms with Crippen molar-refractivity contribution in [1.29, 1.82) is 0 Å². The lowest BCUT2D eigenvalue weighted by Crippen LogP contribution is -2.28. The van der Waals surface area contributed by atoms with Crippen LogP contribution in [0.3, 0.4) is 0 Å². The van der Waals surface area contributed by atoms with E-state index < -0.39 is 6.04 Å². The molecule has 1 amide bonds. The molecular formula is C15H15N5O3. The molecule has 0 unspecified atom stereocenters. The highest BCUT2D eigenvalue weighted by atomic mass is 16.5. The molecule has 0 aliphatic rings. The molecule has 0 fully saturated rings. The zero-order valence-corrected chi connectivity index (χ0v) is 12.7. The van der Waals surface area contributed by atoms with E-state index in [2.05, 4.69) is 25.6 Å². The van der Waals surface area contributed by atoms with E-state index in [-0.39, 0.29) is 12.3 Å². The number of nitrogens with one attached hydrogen (secondary N) is 1. The molecular weight excluding hydrogens is 298 g/mol. The minimum Gasteiger partial charge on any atom is -0.361 e. The van der Waals surface area contributed by atoms with Crippen LogP contribution in [0, 0.1) is 6.92 Å². The van der Waals surface area contributed by atoms with Gasteiger partial charge in [0.05, 0.1) is 12.1 Å². The Hall–Kier alpha value is -3.03. The Morgan fingerprint density at radius 2 is 2.04 bits per heavy atom. The van der Waals surface area contributed by atoms with Gasteiger partial charge >= 0.3 is 0 Å². The molecule has 8 heteroatoms. The van der Waals surface area contributed by atoms with Crippen molar-refractivity contribution in [1.82, 2.24) is 25.6 Å². The summed E-state index contributed by atoms with van der Waals surface area (Å²) < 4.78 is 10.2. The first-order valence-electron chi connectivity index (χ1n) is 7.07. The molecule has 1 N–H and O–H groups in total. The smallest absolute Gasteiger partial charge is 0.249 e. The van der Waals surface area contributed by atoms with Gasteiger partial charge in [-0.3, -0.25) is 9.78 Å². The van der Waals surface area contributed by atoms with Gasteiger partial charge < -0.3 is 14.4 Å². The second-order valence-corrected chi connectivity index (χ2v) is 5.09. The maximum absolute atomic E-state index is 12.0. The Morgan fingerprint density at radius 3 is 2.74 bits per heavy atom. The molecule has 0 aromatic carbocycles. The van der Waals surface area contributed by atoms with Crippen molar-refractivity contribution in [2.75, 3.05) is 0 Å². The number of hydrogen-bond acceptors (Lipinski definition) is 7. The number of aryl methyl sites for hydroxylation is 1. The summed E-state index contributed by atoms with van der Waals surface area (Å²) in [5, 5.41) is 10.4. The molecule has 23 heavy (non-hydrogen) atoms. The first-order chi connectivity index (χ1) is 11.1. The van der Waals surface area contributed by atoms with Crippen molar-refractivity contribution >= 4 is 5.91 Å². The van der Waals surface area contributed by atoms with Crippen LogP contribution in [0.25, 0.3) is 11.4 Å². The van der Waals surface area contributed by atoms with Gasteiger partial charge in [0, 0.05) is 24.0 Å². The maximum Gasteiger partial charge on any atom is 0.249 e. The second-order valence-electron chi connectivity index (χ2n) is 5.09. The summed E-state index contributed by atoms with van der Waals surface area (Å²) in [5.74, 6) is 1.08. The number of aromatic nitrogens is 4. The minimum atomic E-state index is -0.408. The lowest BCUT2D eigenvalue weighted by molar-refractivity contribution is -0.121. The Morgan fingerprint density at radius 1 is 1.26 bits per heavy atom. The largest absolute Gasteiger partial charge is 0.361 e. The van der Waals surface area contributed by atoms with Crippen LogP contribution in [0.2, 0.25) is 0 Å². The molecule has 0 aliphatic heterocycles. The molecule has 3 aromatic heterocycles. The normalized spacial score (nSPS) is 12.1. The summed E-state index contributed by atoms with van der Waals surface area (Å²) in [7, 11) is 0. The van der Waals surface area contributed by atoms with Gasteiger partial charge in [0.1, 0.15) is 11.8 Å². The highest BCUT2D eigenvalue weighted by molar-refractivity contribution is 5.78. The van der Waals surface area contributed by atoms with Gasteiger partial charge in [-0.1, -0.05) is 10.3 Å². The van der Waals surface area contributed by atoms with E-state index in [1.807, 2.05) is 0 Å². The molecule has 1 atom stereocenters. The van der Waals surface area contributed by atoms with Crippen LogP contribution in [0.15, 0.2) is 39.6 Å². The first kappa shape index (κ1) is 14.9. The fraction of sp³-hybridized carbons (Fsp3) is 0.267. The van der Waals surface area contributed by atoms with Crippen molar-refractivity contribution < 1.29 is 13.8 Å². The fourth-order valence-corrected chi connectivity index (χ4v) is 2.04. The molecule has 0 bridgehead atoms. The third kappa shape index (κ3) is 3.60. The number of nitrogens with zero attached hydrogens (tertiary/aromatic N) is 4. The van der Waals surface area contributed by atoms with Crippen LogP contribution in [0.1, 0.15) is 30.3 Å². The standard InChI is InChI=1S/C15H15N5O3/c1-9-7-12(22-19-9)8-13(21)17-10(2)15-18-14(20-23-15)11-3-5-16-6-4-11/h3-7,10H,8H2,1-2H3,(H,17,21)/t10-/m1/s1. The van der Waals surface area contributed by atoms with Crippen molar-refractivity contribution in [2.24, 2.45) is 0 Å². The average Bonchev–Trinajstić information content (AvgIpc) is 3.17. The number of carbonyl (C=O) groups is 1. The maximum atomic E-state index is 12.0. The van der Waals surface area contributed by atoms with Gasteiger partial charge in [-0.05, 0) is 26.0 Å². The summed E-state index contributed by atoms with van der Waals surface area (Å²) in [5.41, 5.74) is 1.53. The van der Waals surface area contributed by atoms with E-state index in [4.69, 9.17) is 9.05 Å². The Balaban J connectivity index is 1.63. The van der Waals surface area contributed by atoms with Gasteiger partial charge in [-0.25, -0.2) is 0 Å². The number of amides is 1. The molecule has 3 rings (SSSR count). The van der Waals surface area contributed by atoms with E-state index >= 15 is 0 Å². The topological polar surface area (TPSA) is 107 Å². The summed E-state index contributed by atoms with van der Waals surface area (Å²) in [6.45, 7) is 3.57. The molecule has 0 aliphatic carbocycles. The molecule has 0 radical (unpaired) electrons. The SMILES string of the molecule is Cc1cc(CC(=O)N[C@H](C)c2nc(-c3ccncc3)no2)on1. The van der Waals surface area contributed by atoms with Crippen molar-refractivity contribution in [3.63, 3.8) is 0 Å². The summed E-state index contributed by atoms with van der Waals surface area (Å²) >= 11 is 0. The van der Waals surface area contributed by atoms with Gasteiger partial charge in [0.15, 0.2) is 0 Å². The Kier molecular flexibility index (Phi) is 4.13. The van der Waals surface area contributed by atoms with Crippen molar-refractivity contribution in [3.8, 4) is 11.4 Å². The molecule has 118 valence electrons. The molecule has 3 heterocycles. The number of pyridine rings is 1. The highest BCUT2D eigenvalue weighted by Crippen LogP contribution is 2.17. The van der Waals surface area contributed by atoms with Gasteiger partial charge in [-0.2, -0.15) is 4.98 Å². The predicted octanol–water partition coefficient (Wildman–Crippen LogP) is 1.85. The van der Waals surface area contributed by atoms with Crippen LogP contribution in [0.5, 0.6) is 0 Å². The van der Waals surface area contributed by atoms with E-state index in [0.29, 0.717) is 17.5 Å². The number of rotatable bonds is 5. The monoisotopic (exact) mass is 313 g/mol. The Bertz CT molecular complexity index is 796. The fourth-order valence-electron chi connectivity index (χ4n) is 2.04. The zero-order valence-electron chi connectivity index (χ0n) is 12.7. The number of carbonyl (C=O) groups excluding carboxylic acids is 1. The first-order valence-corrected chi connectivity index (χ1v) is 7.07. The van der Waals surface area contributed by atoms with Crippen LogP contribution in [-0.4, -0.2) is 26.2 Å². The minimum absolute atomic E-state index is 0.108. The van der Waals surface area contributed by atoms with E-state index in [1.54, 1.807) is 44.4 Å². The molecule has 0 spiro atoms. The molecule has 0 saturated heterocycles. The quantitative estimate of drug-likeness (QED) is 0.765. The third-order valence-electron chi connectivity index (χ3n) is 3.14. The number of hydrogen-bond donors (Lipinski definition) is 1. The molecule has 3 aromatic rings. The zero-order chi connectivity index (χ0) is 16.2. The summed E-state index contributed by atoms with van der Waals surface area (Å²) in [4.78, 5) is 20.2. The lowest BCUT2D eigenvalue weighted by atomic mass is 10.2. The summed E-state index contributed by atoms with van der Waals surface area (Å²) in [6, 6.07) is 4.88. The van der Waals surface area contributed by atoms with Gasteiger partial charge in [0.25, 0.3) is 0 Å². The molecule has 0 saturated carbocycles. The van der Waals surface area contributed by atoms with Gasteiger partial charge in [-0.15, -0.1) is 0 Å². The van der Waals surface area contributed by atoms with Gasteiger partial charge in [0.2, 0.25) is 17.6 Å². The van der Waals surface area contributed by atoms with Crippen molar-refractivity contribution in [3.05, 3.63) is 47.9 Å². The van der Waals surface area contributed by atoms with E-state index in [1.165, 1.54) is 0 Å². The van der Waals surface area contributed by atoms with Crippen molar-refractivity contribution in [2.45, 2.75) is 26.3 Å². The van der Waals surface area contributed by atoms with Crippen LogP contribution in [0.4, 0.5) is 0 Å². The Labute approximate surface area is 131 Å². The van der Waals surface area contributed by atoms with E-state index in [0.717, 1.165) is 11.3 Å². The summed E-state index contributed by atoms with van der Waals surface area (Å²) in [6.07, 6.45) is 3.41. The van der Waals surface area contributed by atoms with Crippen LogP contribution >= 0.6 is 0 Å². The average molecular weight is 313 g/mol. The second kappa shape index (κ2) is 6.39. The predicted molar refractivity (Wildman–Crippen MR) is 79.0 cm³/mol. The lowest BCUT2D eigenvalue weighted by Gasteiger charge is -2.08. The highest BCUT2D eigenvalue weighted by Gasteiger charge is 2.18. The third-order valence-corrected chi connectivity index (χ3v) is 3.14. The van der Waals surface area contributed by atoms with Crippen LogP contribution < -0.4 is 5.32 Å².